The topological polar surface area (TPSA) is 240 Å². The van der Waals surface area contributed by atoms with Gasteiger partial charge in [-0.1, -0.05) is 28.9 Å². The van der Waals surface area contributed by atoms with Crippen LogP contribution in [0.15, 0.2) is 51.2 Å². The Bertz CT molecular complexity index is 1320. The number of anilines is 1. The third kappa shape index (κ3) is 7.00. The number of para-hydroxylation sites is 2. The number of benzene rings is 1. The summed E-state index contributed by atoms with van der Waals surface area (Å²) in [5.74, 6) is -0.798. The number of azide groups is 1. The van der Waals surface area contributed by atoms with Gasteiger partial charge in [0.05, 0.1) is 6.10 Å². The molecule has 1 fully saturated rings. The molecule has 2 unspecified atom stereocenters. The first-order valence-corrected chi connectivity index (χ1v) is 12.9. The summed E-state index contributed by atoms with van der Waals surface area (Å²) >= 11 is 0. The summed E-state index contributed by atoms with van der Waals surface area (Å²) in [5, 5.41) is 24.8. The highest BCUT2D eigenvalue weighted by molar-refractivity contribution is 7.34. The Morgan fingerprint density at radius 2 is 2.05 bits per heavy atom. The molecule has 17 heteroatoms. The number of carbonyl (C=O) groups excluding carboxylic acids is 1. The Labute approximate surface area is 223 Å². The number of rotatable bonds is 11. The van der Waals surface area contributed by atoms with Crippen molar-refractivity contribution in [3.63, 3.8) is 0 Å². The molecule has 39 heavy (non-hydrogen) atoms. The molecule has 7 atom stereocenters. The lowest BCUT2D eigenvalue weighted by atomic mass is 10.1. The number of aromatic nitrogens is 2. The molecule has 0 aliphatic carbocycles. The number of carbonyl (C=O) groups is 1. The van der Waals surface area contributed by atoms with Crippen LogP contribution < -0.4 is 25.6 Å². The van der Waals surface area contributed by atoms with Gasteiger partial charge in [-0.25, -0.2) is 9.59 Å². The summed E-state index contributed by atoms with van der Waals surface area (Å²) in [4.78, 5) is 43.1. The van der Waals surface area contributed by atoms with Crippen molar-refractivity contribution in [2.75, 3.05) is 12.3 Å². The molecule has 2 heterocycles. The maximum absolute atomic E-state index is 12.5. The van der Waals surface area contributed by atoms with Gasteiger partial charge in [0.2, 0.25) is 11.5 Å². The van der Waals surface area contributed by atoms with Crippen molar-refractivity contribution < 1.29 is 38.6 Å². The van der Waals surface area contributed by atoms with Gasteiger partial charge in [-0.2, -0.15) is 4.98 Å². The molecule has 0 saturated carbocycles. The van der Waals surface area contributed by atoms with E-state index in [1.165, 1.54) is 31.3 Å². The standard InChI is InChI=1S/C22H28N7O9P/c1-4-12(2)36-20(32)13(3)26-39(34)38-15-8-6-5-7-14(15)35-11-22(27-28-24)18(31)17(30)19(37-22)29-10-9-16(23)25-21(29)33/h5-10,12-13,17-19,30-31H,4,11H2,1-3H3,(H2,23,25,33)/t12?,13-,17+,18-,19+,22+/m0/s1. The SMILES string of the molecule is CCC(C)OC(=O)[C@H](C)N=[P+]([O-])Oc1ccccc1OC[C@@]1(N=[N+]=[N-])O[C@@H](n2ccc(N)nc2=O)[C@H](O)[C@@H]1O. The number of aliphatic hydroxyl groups excluding tert-OH is 2. The zero-order chi connectivity index (χ0) is 28.7. The zero-order valence-electron chi connectivity index (χ0n) is 21.2. The molecule has 210 valence electrons. The summed E-state index contributed by atoms with van der Waals surface area (Å²) in [7, 11) is -2.74. The van der Waals surface area contributed by atoms with Crippen LogP contribution in [0.2, 0.25) is 0 Å². The van der Waals surface area contributed by atoms with Crippen molar-refractivity contribution in [1.29, 1.82) is 0 Å². The third-order valence-electron chi connectivity index (χ3n) is 5.70. The molecule has 0 amide bonds. The second kappa shape index (κ2) is 12.8. The van der Waals surface area contributed by atoms with Crippen molar-refractivity contribution in [2.45, 2.75) is 63.5 Å². The van der Waals surface area contributed by atoms with Crippen LogP contribution in [0, 0.1) is 0 Å². The minimum atomic E-state index is -2.74. The van der Waals surface area contributed by atoms with Crippen LogP contribution in [0.4, 0.5) is 5.82 Å². The lowest BCUT2D eigenvalue weighted by Gasteiger charge is -2.26. The quantitative estimate of drug-likeness (QED) is 0.115. The van der Waals surface area contributed by atoms with E-state index < -0.39 is 56.6 Å². The molecule has 1 saturated heterocycles. The number of hydrogen-bond acceptors (Lipinski definition) is 13. The Morgan fingerprint density at radius 1 is 1.36 bits per heavy atom. The number of ether oxygens (including phenoxy) is 3. The van der Waals surface area contributed by atoms with Gasteiger partial charge in [0.25, 0.3) is 0 Å². The lowest BCUT2D eigenvalue weighted by Crippen LogP contribution is -2.46. The van der Waals surface area contributed by atoms with Crippen LogP contribution >= 0.6 is 8.17 Å². The van der Waals surface area contributed by atoms with Crippen molar-refractivity contribution in [3.05, 3.63) is 57.5 Å². The van der Waals surface area contributed by atoms with E-state index in [9.17, 15) is 24.7 Å². The third-order valence-corrected chi connectivity index (χ3v) is 6.59. The fraction of sp³-hybridized carbons (Fsp3) is 0.500. The minimum absolute atomic E-state index is 0.0153. The van der Waals surface area contributed by atoms with Gasteiger partial charge in [0.1, 0.15) is 24.6 Å². The summed E-state index contributed by atoms with van der Waals surface area (Å²) < 4.78 is 26.5. The van der Waals surface area contributed by atoms with E-state index in [0.717, 1.165) is 4.57 Å². The van der Waals surface area contributed by atoms with E-state index in [1.807, 2.05) is 6.92 Å². The van der Waals surface area contributed by atoms with Gasteiger partial charge in [0, 0.05) is 11.1 Å². The van der Waals surface area contributed by atoms with Crippen molar-refractivity contribution in [1.82, 2.24) is 9.55 Å². The largest absolute Gasteiger partial charge is 0.575 e. The van der Waals surface area contributed by atoms with E-state index in [1.54, 1.807) is 19.1 Å². The highest BCUT2D eigenvalue weighted by atomic mass is 31.1. The second-order valence-corrected chi connectivity index (χ2v) is 9.42. The van der Waals surface area contributed by atoms with Crippen LogP contribution in [0.25, 0.3) is 10.4 Å². The van der Waals surface area contributed by atoms with E-state index in [0.29, 0.717) is 6.42 Å². The van der Waals surface area contributed by atoms with Crippen LogP contribution in [0.3, 0.4) is 0 Å². The number of nitrogen functional groups attached to an aromatic ring is 1. The Hall–Kier alpha value is -3.78. The van der Waals surface area contributed by atoms with Crippen LogP contribution in [-0.2, 0) is 14.3 Å². The predicted molar refractivity (Wildman–Crippen MR) is 134 cm³/mol. The molecular formula is C22H28N7O9P. The minimum Gasteiger partial charge on any atom is -0.575 e. The molecule has 1 aliphatic rings. The van der Waals surface area contributed by atoms with Gasteiger partial charge >= 0.3 is 19.8 Å². The van der Waals surface area contributed by atoms with Crippen LogP contribution in [-0.4, -0.2) is 62.4 Å². The molecule has 2 aromatic rings. The van der Waals surface area contributed by atoms with Gasteiger partial charge in [0.15, 0.2) is 18.0 Å². The normalized spacial score (nSPS) is 24.4. The molecule has 0 radical (unpaired) electrons. The van der Waals surface area contributed by atoms with E-state index in [2.05, 4.69) is 19.8 Å². The molecule has 1 aliphatic heterocycles. The monoisotopic (exact) mass is 565 g/mol. The Kier molecular flexibility index (Phi) is 9.81. The molecule has 3 rings (SSSR count). The van der Waals surface area contributed by atoms with Crippen LogP contribution in [0.1, 0.15) is 33.4 Å². The van der Waals surface area contributed by atoms with Crippen LogP contribution in [0.5, 0.6) is 11.5 Å². The zero-order valence-corrected chi connectivity index (χ0v) is 22.1. The van der Waals surface area contributed by atoms with Gasteiger partial charge in [-0.15, -0.1) is 0 Å². The summed E-state index contributed by atoms with van der Waals surface area (Å²) in [6.07, 6.45) is -3.58. The van der Waals surface area contributed by atoms with Crippen molar-refractivity contribution in [3.8, 4) is 11.5 Å². The van der Waals surface area contributed by atoms with Gasteiger partial charge in [-0.05, 0) is 44.0 Å². The molecule has 4 N–H and O–H groups in total. The molecule has 16 nitrogen and oxygen atoms in total. The Balaban J connectivity index is 1.79. The highest BCUT2D eigenvalue weighted by Gasteiger charge is 2.56. The van der Waals surface area contributed by atoms with Gasteiger partial charge in [-0.3, -0.25) is 9.09 Å². The average Bonchev–Trinajstić information content (AvgIpc) is 3.13. The van der Waals surface area contributed by atoms with Gasteiger partial charge < -0.3 is 35.1 Å². The number of nitrogens with two attached hydrogens (primary N) is 1. The molecule has 0 bridgehead atoms. The maximum Gasteiger partial charge on any atom is 0.395 e. The first-order chi connectivity index (χ1) is 18.5. The Morgan fingerprint density at radius 3 is 2.69 bits per heavy atom. The lowest BCUT2D eigenvalue weighted by molar-refractivity contribution is -0.170. The average molecular weight is 565 g/mol. The second-order valence-electron chi connectivity index (χ2n) is 8.53. The molecule has 1 aromatic carbocycles. The number of esters is 1. The highest BCUT2D eigenvalue weighted by Crippen LogP contribution is 2.40. The fourth-order valence-corrected chi connectivity index (χ4v) is 4.16. The first kappa shape index (κ1) is 29.8. The smallest absolute Gasteiger partial charge is 0.395 e. The predicted octanol–water partition coefficient (Wildman–Crippen LogP) is 1.13. The molecular weight excluding hydrogens is 537 g/mol. The molecule has 1 aromatic heterocycles. The number of nitrogens with zero attached hydrogens (tertiary/aromatic N) is 6. The van der Waals surface area contributed by atoms with Crippen molar-refractivity contribution >= 4 is 20.0 Å². The number of hydrogen-bond donors (Lipinski definition) is 3. The van der Waals surface area contributed by atoms with Crippen molar-refractivity contribution in [2.24, 2.45) is 9.86 Å². The fourth-order valence-electron chi connectivity index (χ4n) is 3.42. The van der Waals surface area contributed by atoms with E-state index in [4.69, 9.17) is 30.0 Å². The van der Waals surface area contributed by atoms with E-state index in [-0.39, 0.29) is 23.4 Å². The summed E-state index contributed by atoms with van der Waals surface area (Å²) in [5.41, 5.74) is 11.6. The molecule has 0 spiro atoms. The summed E-state index contributed by atoms with van der Waals surface area (Å²) in [6, 6.07) is 6.16. The number of aliphatic hydroxyl groups is 2. The van der Waals surface area contributed by atoms with E-state index >= 15 is 0 Å². The maximum atomic E-state index is 12.5. The summed E-state index contributed by atoms with van der Waals surface area (Å²) in [6.45, 7) is 4.32. The first-order valence-electron chi connectivity index (χ1n) is 11.7.